The number of nitrogens with two attached hydrogens (primary N) is 1. The molecule has 0 aliphatic carbocycles. The fourth-order valence-corrected chi connectivity index (χ4v) is 1.92. The molecule has 0 unspecified atom stereocenters. The molecule has 0 aromatic carbocycles. The number of hydrogen-bond donors (Lipinski definition) is 2. The highest BCUT2D eigenvalue weighted by Gasteiger charge is 2.47. The fraction of sp³-hybridized carbons (Fsp3) is 1.00. The van der Waals surface area contributed by atoms with E-state index in [1.54, 1.807) is 0 Å². The summed E-state index contributed by atoms with van der Waals surface area (Å²) in [6.07, 6.45) is 0. The first-order valence-electron chi connectivity index (χ1n) is 3.76. The van der Waals surface area contributed by atoms with Crippen LogP contribution in [-0.2, 0) is 10.2 Å². The predicted octanol–water partition coefficient (Wildman–Crippen LogP) is -1.11. The third-order valence-electron chi connectivity index (χ3n) is 2.33. The second kappa shape index (κ2) is 2.66. The van der Waals surface area contributed by atoms with Crippen molar-refractivity contribution in [2.75, 3.05) is 13.1 Å². The lowest BCUT2D eigenvalue weighted by atomic mass is 9.85. The van der Waals surface area contributed by atoms with Crippen LogP contribution in [0, 0.1) is 5.92 Å². The predicted molar refractivity (Wildman–Crippen MR) is 44.5 cm³/mol. The Hall–Kier alpha value is -0.170. The highest BCUT2D eigenvalue weighted by Crippen LogP contribution is 2.29. The SMILES string of the molecule is CC(C)C1(O)CN(S(N)(=O)=O)C1. The molecule has 0 aromatic rings. The lowest BCUT2D eigenvalue weighted by Crippen LogP contribution is -2.66. The monoisotopic (exact) mass is 194 g/mol. The number of rotatable bonds is 2. The second-order valence-corrected chi connectivity index (χ2v) is 5.12. The van der Waals surface area contributed by atoms with Crippen LogP contribution in [0.1, 0.15) is 13.8 Å². The molecule has 0 aromatic heterocycles. The summed E-state index contributed by atoms with van der Waals surface area (Å²) in [6, 6.07) is 0. The largest absolute Gasteiger partial charge is 0.387 e. The van der Waals surface area contributed by atoms with Gasteiger partial charge in [-0.05, 0) is 5.92 Å². The van der Waals surface area contributed by atoms with Gasteiger partial charge in [-0.25, -0.2) is 5.14 Å². The summed E-state index contributed by atoms with van der Waals surface area (Å²) in [5.74, 6) is 0.0514. The Morgan fingerprint density at radius 3 is 2.17 bits per heavy atom. The average Bonchev–Trinajstić information content (AvgIpc) is 1.77. The van der Waals surface area contributed by atoms with Crippen molar-refractivity contribution in [1.29, 1.82) is 0 Å². The van der Waals surface area contributed by atoms with Crippen molar-refractivity contribution in [3.63, 3.8) is 0 Å². The first-order valence-corrected chi connectivity index (χ1v) is 5.26. The Kier molecular flexibility index (Phi) is 2.20. The summed E-state index contributed by atoms with van der Waals surface area (Å²) in [6.45, 7) is 3.92. The molecule has 12 heavy (non-hydrogen) atoms. The van der Waals surface area contributed by atoms with Gasteiger partial charge in [0, 0.05) is 13.1 Å². The third kappa shape index (κ3) is 1.61. The van der Waals surface area contributed by atoms with E-state index >= 15 is 0 Å². The normalized spacial score (nSPS) is 24.1. The van der Waals surface area contributed by atoms with Crippen LogP contribution >= 0.6 is 0 Å². The Bertz CT molecular complexity index is 267. The lowest BCUT2D eigenvalue weighted by molar-refractivity contribution is -0.0932. The van der Waals surface area contributed by atoms with Crippen molar-refractivity contribution in [3.05, 3.63) is 0 Å². The molecule has 1 aliphatic heterocycles. The maximum absolute atomic E-state index is 10.7. The van der Waals surface area contributed by atoms with Gasteiger partial charge in [0.15, 0.2) is 0 Å². The molecule has 1 aliphatic rings. The third-order valence-corrected chi connectivity index (χ3v) is 3.31. The van der Waals surface area contributed by atoms with E-state index in [0.717, 1.165) is 4.31 Å². The summed E-state index contributed by atoms with van der Waals surface area (Å²) in [5, 5.41) is 14.5. The van der Waals surface area contributed by atoms with Crippen molar-refractivity contribution in [3.8, 4) is 0 Å². The molecule has 72 valence electrons. The molecular formula is C6H14N2O3S. The number of aliphatic hydroxyl groups is 1. The zero-order valence-corrected chi connectivity index (χ0v) is 8.00. The first-order chi connectivity index (χ1) is 5.26. The molecule has 5 nitrogen and oxygen atoms in total. The van der Waals surface area contributed by atoms with Gasteiger partial charge < -0.3 is 5.11 Å². The number of β-amino-alcohol motifs (C(OH)–C–C–N with tert-alkyl or cyclic N) is 1. The Labute approximate surface area is 72.3 Å². The molecular weight excluding hydrogens is 180 g/mol. The Morgan fingerprint density at radius 1 is 1.50 bits per heavy atom. The van der Waals surface area contributed by atoms with E-state index in [9.17, 15) is 13.5 Å². The van der Waals surface area contributed by atoms with Crippen LogP contribution in [0.5, 0.6) is 0 Å². The van der Waals surface area contributed by atoms with Gasteiger partial charge in [-0.15, -0.1) is 0 Å². The van der Waals surface area contributed by atoms with E-state index in [1.807, 2.05) is 13.8 Å². The zero-order chi connectivity index (χ0) is 9.57. The lowest BCUT2D eigenvalue weighted by Gasteiger charge is -2.47. The maximum atomic E-state index is 10.7. The zero-order valence-electron chi connectivity index (χ0n) is 7.19. The van der Waals surface area contributed by atoms with Crippen molar-refractivity contribution in [2.24, 2.45) is 11.1 Å². The highest BCUT2D eigenvalue weighted by atomic mass is 32.2. The Balaban J connectivity index is 2.59. The molecule has 0 saturated carbocycles. The molecule has 1 saturated heterocycles. The van der Waals surface area contributed by atoms with Crippen LogP contribution in [0.15, 0.2) is 0 Å². The molecule has 0 radical (unpaired) electrons. The fourth-order valence-electron chi connectivity index (χ4n) is 1.11. The van der Waals surface area contributed by atoms with Gasteiger partial charge in [-0.3, -0.25) is 0 Å². The van der Waals surface area contributed by atoms with Crippen LogP contribution in [0.4, 0.5) is 0 Å². The summed E-state index contributed by atoms with van der Waals surface area (Å²) >= 11 is 0. The first kappa shape index (κ1) is 9.91. The summed E-state index contributed by atoms with van der Waals surface area (Å²) < 4.78 is 22.5. The standard InChI is InChI=1S/C6H14N2O3S/c1-5(2)6(9)3-8(4-6)12(7,10)11/h5,9H,3-4H2,1-2H3,(H2,7,10,11). The average molecular weight is 194 g/mol. The van der Waals surface area contributed by atoms with E-state index in [0.29, 0.717) is 0 Å². The van der Waals surface area contributed by atoms with Crippen LogP contribution in [0.25, 0.3) is 0 Å². The van der Waals surface area contributed by atoms with Gasteiger partial charge in [0.25, 0.3) is 10.2 Å². The number of nitrogens with zero attached hydrogens (tertiary/aromatic N) is 1. The van der Waals surface area contributed by atoms with Crippen molar-refractivity contribution in [1.82, 2.24) is 4.31 Å². The maximum Gasteiger partial charge on any atom is 0.277 e. The molecule has 0 bridgehead atoms. The molecule has 0 atom stereocenters. The molecule has 1 heterocycles. The van der Waals surface area contributed by atoms with Crippen molar-refractivity contribution < 1.29 is 13.5 Å². The van der Waals surface area contributed by atoms with Crippen molar-refractivity contribution >= 4 is 10.2 Å². The van der Waals surface area contributed by atoms with E-state index in [1.165, 1.54) is 0 Å². The second-order valence-electron chi connectivity index (χ2n) is 3.57. The van der Waals surface area contributed by atoms with Crippen LogP contribution in [0.2, 0.25) is 0 Å². The molecule has 6 heteroatoms. The summed E-state index contributed by atoms with van der Waals surface area (Å²) in [4.78, 5) is 0. The highest BCUT2D eigenvalue weighted by molar-refractivity contribution is 7.86. The van der Waals surface area contributed by atoms with E-state index in [2.05, 4.69) is 0 Å². The van der Waals surface area contributed by atoms with Gasteiger partial charge in [0.2, 0.25) is 0 Å². The summed E-state index contributed by atoms with van der Waals surface area (Å²) in [7, 11) is -3.60. The van der Waals surface area contributed by atoms with Gasteiger partial charge in [0.1, 0.15) is 0 Å². The number of hydrogen-bond acceptors (Lipinski definition) is 3. The minimum Gasteiger partial charge on any atom is -0.387 e. The van der Waals surface area contributed by atoms with Gasteiger partial charge in [-0.1, -0.05) is 13.8 Å². The van der Waals surface area contributed by atoms with E-state index in [-0.39, 0.29) is 19.0 Å². The van der Waals surface area contributed by atoms with Crippen molar-refractivity contribution in [2.45, 2.75) is 19.4 Å². The topological polar surface area (TPSA) is 83.6 Å². The minimum absolute atomic E-state index is 0.0514. The Morgan fingerprint density at radius 2 is 1.92 bits per heavy atom. The quantitative estimate of drug-likeness (QED) is 0.585. The molecule has 0 spiro atoms. The van der Waals surface area contributed by atoms with Gasteiger partial charge in [0.05, 0.1) is 5.60 Å². The van der Waals surface area contributed by atoms with E-state index < -0.39 is 15.8 Å². The van der Waals surface area contributed by atoms with Crippen LogP contribution < -0.4 is 5.14 Å². The smallest absolute Gasteiger partial charge is 0.277 e. The molecule has 1 fully saturated rings. The summed E-state index contributed by atoms with van der Waals surface area (Å²) in [5.41, 5.74) is -0.883. The molecule has 0 amide bonds. The minimum atomic E-state index is -3.60. The van der Waals surface area contributed by atoms with E-state index in [4.69, 9.17) is 5.14 Å². The molecule has 1 rings (SSSR count). The van der Waals surface area contributed by atoms with Crippen LogP contribution in [-0.4, -0.2) is 36.5 Å². The van der Waals surface area contributed by atoms with Crippen LogP contribution in [0.3, 0.4) is 0 Å². The van der Waals surface area contributed by atoms with Gasteiger partial charge >= 0.3 is 0 Å². The van der Waals surface area contributed by atoms with Gasteiger partial charge in [-0.2, -0.15) is 12.7 Å². The molecule has 3 N–H and O–H groups in total.